The van der Waals surface area contributed by atoms with Gasteiger partial charge in [-0.25, -0.2) is 0 Å². The standard InChI is InChI=1S/C17H26N4O3S/c1-11(2)19-17(22)16(21-25(23,24)20-12(3)4)9-13-10-18-15-8-6-5-7-14(13)15/h5-8,10-12,16,18,20-21H,9H2,1-4H3,(H,19,22). The third-order valence-corrected chi connectivity index (χ3v) is 4.91. The van der Waals surface area contributed by atoms with E-state index < -0.39 is 16.3 Å². The molecule has 1 unspecified atom stereocenters. The Labute approximate surface area is 148 Å². The molecule has 8 heteroatoms. The first kappa shape index (κ1) is 19.4. The summed E-state index contributed by atoms with van der Waals surface area (Å²) in [5.41, 5.74) is 1.83. The SMILES string of the molecule is CC(C)NC(=O)C(Cc1c[nH]c2ccccc12)NS(=O)(=O)NC(C)C. The van der Waals surface area contributed by atoms with Crippen LogP contribution in [0.25, 0.3) is 10.9 Å². The van der Waals surface area contributed by atoms with Gasteiger partial charge in [0.1, 0.15) is 6.04 Å². The number of carbonyl (C=O) groups is 1. The molecule has 1 aromatic carbocycles. The molecular weight excluding hydrogens is 340 g/mol. The lowest BCUT2D eigenvalue weighted by Crippen LogP contribution is -2.53. The van der Waals surface area contributed by atoms with Crippen molar-refractivity contribution >= 4 is 27.0 Å². The van der Waals surface area contributed by atoms with E-state index in [1.165, 1.54) is 0 Å². The molecule has 4 N–H and O–H groups in total. The first-order valence-corrected chi connectivity index (χ1v) is 9.81. The van der Waals surface area contributed by atoms with Crippen LogP contribution < -0.4 is 14.8 Å². The molecule has 0 bridgehead atoms. The molecule has 138 valence electrons. The van der Waals surface area contributed by atoms with Gasteiger partial charge in [-0.3, -0.25) is 4.79 Å². The highest BCUT2D eigenvalue weighted by atomic mass is 32.2. The number of carbonyl (C=O) groups excluding carboxylic acids is 1. The summed E-state index contributed by atoms with van der Waals surface area (Å²) in [5, 5.41) is 3.75. The molecule has 0 spiro atoms. The Balaban J connectivity index is 2.26. The number of rotatable bonds is 8. The Hall–Kier alpha value is -1.90. The molecule has 0 radical (unpaired) electrons. The zero-order valence-electron chi connectivity index (χ0n) is 15.0. The van der Waals surface area contributed by atoms with Crippen molar-refractivity contribution in [3.05, 3.63) is 36.0 Å². The van der Waals surface area contributed by atoms with E-state index in [1.807, 2.05) is 44.3 Å². The zero-order chi connectivity index (χ0) is 18.6. The largest absolute Gasteiger partial charge is 0.361 e. The summed E-state index contributed by atoms with van der Waals surface area (Å²) in [6.45, 7) is 7.12. The van der Waals surface area contributed by atoms with Crippen LogP contribution >= 0.6 is 0 Å². The van der Waals surface area contributed by atoms with Crippen molar-refractivity contribution in [2.45, 2.75) is 52.2 Å². The minimum atomic E-state index is -3.79. The van der Waals surface area contributed by atoms with Gasteiger partial charge in [0, 0.05) is 29.2 Å². The summed E-state index contributed by atoms with van der Waals surface area (Å²) in [6.07, 6.45) is 2.06. The molecule has 1 heterocycles. The van der Waals surface area contributed by atoms with Crippen molar-refractivity contribution in [3.63, 3.8) is 0 Å². The molecule has 25 heavy (non-hydrogen) atoms. The summed E-state index contributed by atoms with van der Waals surface area (Å²) >= 11 is 0. The van der Waals surface area contributed by atoms with Gasteiger partial charge in [-0.2, -0.15) is 17.9 Å². The van der Waals surface area contributed by atoms with Crippen molar-refractivity contribution in [2.75, 3.05) is 0 Å². The second-order valence-electron chi connectivity index (χ2n) is 6.67. The third kappa shape index (κ3) is 5.55. The maximum Gasteiger partial charge on any atom is 0.277 e. The molecule has 7 nitrogen and oxygen atoms in total. The van der Waals surface area contributed by atoms with E-state index in [9.17, 15) is 13.2 Å². The van der Waals surface area contributed by atoms with E-state index in [2.05, 4.69) is 19.7 Å². The van der Waals surface area contributed by atoms with Gasteiger partial charge in [-0.1, -0.05) is 18.2 Å². The first-order chi connectivity index (χ1) is 11.7. The van der Waals surface area contributed by atoms with Gasteiger partial charge in [0.2, 0.25) is 5.91 Å². The topological polar surface area (TPSA) is 103 Å². The minimum Gasteiger partial charge on any atom is -0.361 e. The summed E-state index contributed by atoms with van der Waals surface area (Å²) in [7, 11) is -3.79. The first-order valence-electron chi connectivity index (χ1n) is 8.33. The maximum atomic E-state index is 12.5. The van der Waals surface area contributed by atoms with Crippen LogP contribution in [0.2, 0.25) is 0 Å². The van der Waals surface area contributed by atoms with E-state index in [4.69, 9.17) is 0 Å². The number of benzene rings is 1. The number of H-pyrrole nitrogens is 1. The third-order valence-electron chi connectivity index (χ3n) is 3.53. The number of aromatic nitrogens is 1. The van der Waals surface area contributed by atoms with E-state index in [1.54, 1.807) is 13.8 Å². The summed E-state index contributed by atoms with van der Waals surface area (Å²) in [6, 6.07) is 6.46. The fourth-order valence-corrected chi connectivity index (χ4v) is 3.88. The Morgan fingerprint density at radius 3 is 2.40 bits per heavy atom. The van der Waals surface area contributed by atoms with Crippen molar-refractivity contribution in [3.8, 4) is 0 Å². The van der Waals surface area contributed by atoms with Gasteiger partial charge in [0.05, 0.1) is 0 Å². The second kappa shape index (κ2) is 7.99. The highest BCUT2D eigenvalue weighted by Gasteiger charge is 2.26. The molecule has 0 aliphatic rings. The van der Waals surface area contributed by atoms with E-state index in [0.29, 0.717) is 0 Å². The number of nitrogens with one attached hydrogen (secondary N) is 4. The molecule has 1 amide bonds. The van der Waals surface area contributed by atoms with Gasteiger partial charge in [0.25, 0.3) is 10.2 Å². The van der Waals surface area contributed by atoms with E-state index >= 15 is 0 Å². The normalized spacial score (nSPS) is 13.5. The Kier molecular flexibility index (Phi) is 6.21. The molecule has 0 saturated carbocycles. The number of hydrogen-bond acceptors (Lipinski definition) is 3. The maximum absolute atomic E-state index is 12.5. The quantitative estimate of drug-likeness (QED) is 0.568. The fourth-order valence-electron chi connectivity index (χ4n) is 2.63. The van der Waals surface area contributed by atoms with Crippen LogP contribution in [0.1, 0.15) is 33.3 Å². The van der Waals surface area contributed by atoms with Crippen molar-refractivity contribution in [2.24, 2.45) is 0 Å². The number of para-hydroxylation sites is 1. The van der Waals surface area contributed by atoms with Gasteiger partial charge in [-0.15, -0.1) is 0 Å². The van der Waals surface area contributed by atoms with Crippen LogP contribution in [0, 0.1) is 0 Å². The highest BCUT2D eigenvalue weighted by molar-refractivity contribution is 7.87. The lowest BCUT2D eigenvalue weighted by molar-refractivity contribution is -0.123. The monoisotopic (exact) mass is 366 g/mol. The van der Waals surface area contributed by atoms with Gasteiger partial charge < -0.3 is 10.3 Å². The summed E-state index contributed by atoms with van der Waals surface area (Å²) in [5.74, 6) is -0.352. The Bertz CT molecular complexity index is 827. The molecule has 1 aromatic heterocycles. The van der Waals surface area contributed by atoms with Crippen LogP contribution in [-0.2, 0) is 21.4 Å². The van der Waals surface area contributed by atoms with Crippen LogP contribution in [0.3, 0.4) is 0 Å². The lowest BCUT2D eigenvalue weighted by atomic mass is 10.0. The second-order valence-corrected chi connectivity index (χ2v) is 8.15. The van der Waals surface area contributed by atoms with Gasteiger partial charge in [-0.05, 0) is 45.7 Å². The predicted octanol–water partition coefficient (Wildman–Crippen LogP) is 1.44. The molecule has 2 rings (SSSR count). The van der Waals surface area contributed by atoms with E-state index in [0.717, 1.165) is 16.5 Å². The molecule has 0 aliphatic carbocycles. The number of fused-ring (bicyclic) bond motifs is 1. The average molecular weight is 366 g/mol. The molecule has 0 saturated heterocycles. The number of amides is 1. The Morgan fingerprint density at radius 1 is 1.08 bits per heavy atom. The van der Waals surface area contributed by atoms with Crippen LogP contribution in [0.5, 0.6) is 0 Å². The van der Waals surface area contributed by atoms with Crippen LogP contribution in [0.15, 0.2) is 30.5 Å². The van der Waals surface area contributed by atoms with Crippen molar-refractivity contribution in [1.82, 2.24) is 19.7 Å². The number of hydrogen-bond donors (Lipinski definition) is 4. The summed E-state index contributed by atoms with van der Waals surface area (Å²) in [4.78, 5) is 15.6. The Morgan fingerprint density at radius 2 is 1.76 bits per heavy atom. The minimum absolute atomic E-state index is 0.0828. The van der Waals surface area contributed by atoms with E-state index in [-0.39, 0.29) is 24.4 Å². The molecule has 0 aliphatic heterocycles. The predicted molar refractivity (Wildman–Crippen MR) is 99.4 cm³/mol. The van der Waals surface area contributed by atoms with Crippen LogP contribution in [-0.4, -0.2) is 37.4 Å². The number of aromatic amines is 1. The lowest BCUT2D eigenvalue weighted by Gasteiger charge is -2.21. The van der Waals surface area contributed by atoms with Gasteiger partial charge >= 0.3 is 0 Å². The fraction of sp³-hybridized carbons (Fsp3) is 0.471. The molecule has 0 fully saturated rings. The van der Waals surface area contributed by atoms with Crippen molar-refractivity contribution < 1.29 is 13.2 Å². The molecule has 2 aromatic rings. The smallest absolute Gasteiger partial charge is 0.277 e. The summed E-state index contributed by atoms with van der Waals surface area (Å²) < 4.78 is 29.4. The zero-order valence-corrected chi connectivity index (χ0v) is 15.8. The molecule has 1 atom stereocenters. The highest BCUT2D eigenvalue weighted by Crippen LogP contribution is 2.19. The van der Waals surface area contributed by atoms with Crippen LogP contribution in [0.4, 0.5) is 0 Å². The van der Waals surface area contributed by atoms with Crippen molar-refractivity contribution in [1.29, 1.82) is 0 Å². The average Bonchev–Trinajstić information content (AvgIpc) is 2.87. The van der Waals surface area contributed by atoms with Gasteiger partial charge in [0.15, 0.2) is 0 Å². The molecular formula is C17H26N4O3S.